The highest BCUT2D eigenvalue weighted by atomic mass is 35.6. The molecule has 20 heavy (non-hydrogen) atoms. The van der Waals surface area contributed by atoms with Gasteiger partial charge in [0.05, 0.1) is 12.7 Å². The summed E-state index contributed by atoms with van der Waals surface area (Å²) in [6.45, 7) is 2.89. The molecule has 0 bridgehead atoms. The van der Waals surface area contributed by atoms with Gasteiger partial charge >= 0.3 is 11.9 Å². The van der Waals surface area contributed by atoms with Crippen LogP contribution >= 0.6 is 34.8 Å². The van der Waals surface area contributed by atoms with Crippen LogP contribution in [0.4, 0.5) is 0 Å². The predicted octanol–water partition coefficient (Wildman–Crippen LogP) is 3.92. The second-order valence-electron chi connectivity index (χ2n) is 4.04. The average molecular weight is 340 g/mol. The molecule has 7 heteroatoms. The minimum absolute atomic E-state index is 0.249. The maximum Gasteiger partial charge on any atom is 0.338 e. The molecule has 0 aromatic heterocycles. The van der Waals surface area contributed by atoms with Crippen LogP contribution in [0.15, 0.2) is 18.2 Å². The van der Waals surface area contributed by atoms with E-state index in [4.69, 9.17) is 39.5 Å². The van der Waals surface area contributed by atoms with Crippen molar-refractivity contribution in [2.24, 2.45) is 0 Å². The Morgan fingerprint density at radius 2 is 1.85 bits per heavy atom. The summed E-state index contributed by atoms with van der Waals surface area (Å²) < 4.78 is 8.10. The Hall–Kier alpha value is -0.970. The molecule has 1 unspecified atom stereocenters. The number of hydrogen-bond acceptors (Lipinski definition) is 4. The third kappa shape index (κ3) is 4.27. The summed E-state index contributed by atoms with van der Waals surface area (Å²) >= 11 is 17.4. The van der Waals surface area contributed by atoms with Crippen molar-refractivity contribution in [3.05, 3.63) is 34.9 Å². The van der Waals surface area contributed by atoms with Crippen LogP contribution < -0.4 is 0 Å². The van der Waals surface area contributed by atoms with Gasteiger partial charge in [-0.15, -0.1) is 0 Å². The lowest BCUT2D eigenvalue weighted by molar-refractivity contribution is -0.145. The van der Waals surface area contributed by atoms with Crippen molar-refractivity contribution in [2.45, 2.75) is 23.7 Å². The average Bonchev–Trinajstić information content (AvgIpc) is 2.35. The molecule has 0 radical (unpaired) electrons. The molecule has 0 aliphatic rings. The number of carbonyl (C=O) groups is 2. The molecule has 1 rings (SSSR count). The van der Waals surface area contributed by atoms with Crippen molar-refractivity contribution < 1.29 is 19.1 Å². The van der Waals surface area contributed by atoms with Gasteiger partial charge in [-0.3, -0.25) is 4.79 Å². The zero-order valence-corrected chi connectivity index (χ0v) is 13.3. The molecule has 0 aliphatic carbocycles. The second-order valence-corrected chi connectivity index (χ2v) is 6.32. The third-order valence-corrected chi connectivity index (χ3v) is 3.22. The van der Waals surface area contributed by atoms with Crippen LogP contribution in [0.1, 0.15) is 41.4 Å². The number of halogens is 3. The van der Waals surface area contributed by atoms with Crippen LogP contribution in [-0.4, -0.2) is 19.0 Å². The topological polar surface area (TPSA) is 52.6 Å². The van der Waals surface area contributed by atoms with Gasteiger partial charge in [0.15, 0.2) is 0 Å². The number of benzene rings is 1. The van der Waals surface area contributed by atoms with Crippen molar-refractivity contribution in [3.8, 4) is 0 Å². The van der Waals surface area contributed by atoms with Crippen LogP contribution in [0.3, 0.4) is 0 Å². The Balaban J connectivity index is 3.33. The molecule has 0 heterocycles. The number of rotatable bonds is 3. The lowest BCUT2D eigenvalue weighted by atomic mass is 10.0. The number of hydrogen-bond donors (Lipinski definition) is 0. The van der Waals surface area contributed by atoms with Crippen LogP contribution in [0.2, 0.25) is 0 Å². The Morgan fingerprint density at radius 3 is 2.30 bits per heavy atom. The lowest BCUT2D eigenvalue weighted by Gasteiger charge is -2.19. The Kier molecular flexibility index (Phi) is 5.68. The molecular formula is C13H13Cl3O4. The smallest absolute Gasteiger partial charge is 0.338 e. The van der Waals surface area contributed by atoms with E-state index in [-0.39, 0.29) is 5.56 Å². The van der Waals surface area contributed by atoms with Gasteiger partial charge in [0.25, 0.3) is 0 Å². The molecule has 0 spiro atoms. The van der Waals surface area contributed by atoms with Crippen LogP contribution in [0, 0.1) is 0 Å². The molecule has 4 nitrogen and oxygen atoms in total. The summed E-state index contributed by atoms with van der Waals surface area (Å²) in [5.74, 6) is -1.04. The summed E-state index contributed by atoms with van der Waals surface area (Å²) in [6.07, 6.45) is -0.672. The summed E-state index contributed by atoms with van der Waals surface area (Å²) in [5.41, 5.74) is 1.03. The molecule has 0 amide bonds. The number of carbonyl (C=O) groups excluding carboxylic acids is 2. The van der Waals surface area contributed by atoms with Crippen LogP contribution in [-0.2, 0) is 18.1 Å². The predicted molar refractivity (Wildman–Crippen MR) is 77.2 cm³/mol. The molecule has 0 N–H and O–H groups in total. The molecule has 1 aromatic rings. The molecular weight excluding hydrogens is 326 g/mol. The van der Waals surface area contributed by atoms with Crippen LogP contribution in [0.25, 0.3) is 0 Å². The lowest BCUT2D eigenvalue weighted by Crippen LogP contribution is -2.13. The van der Waals surface area contributed by atoms with Gasteiger partial charge in [-0.2, -0.15) is 0 Å². The number of ether oxygens (including phenoxy) is 2. The van der Waals surface area contributed by atoms with E-state index in [9.17, 15) is 9.59 Å². The van der Waals surface area contributed by atoms with Gasteiger partial charge in [0.1, 0.15) is 6.10 Å². The monoisotopic (exact) mass is 338 g/mol. The fourth-order valence-corrected chi connectivity index (χ4v) is 2.04. The second kappa shape index (κ2) is 6.66. The minimum atomic E-state index is -1.64. The first-order chi connectivity index (χ1) is 9.16. The highest BCUT2D eigenvalue weighted by Crippen LogP contribution is 2.39. The largest absolute Gasteiger partial charge is 0.465 e. The third-order valence-electron chi connectivity index (χ3n) is 2.56. The summed E-state index contributed by atoms with van der Waals surface area (Å²) in [4.78, 5) is 22.8. The fourth-order valence-electron chi connectivity index (χ4n) is 1.68. The highest BCUT2D eigenvalue weighted by Gasteiger charge is 2.27. The van der Waals surface area contributed by atoms with E-state index in [1.807, 2.05) is 0 Å². The molecule has 0 saturated carbocycles. The first-order valence-electron chi connectivity index (χ1n) is 5.63. The van der Waals surface area contributed by atoms with Gasteiger partial charge < -0.3 is 9.47 Å². The van der Waals surface area contributed by atoms with Crippen molar-refractivity contribution in [3.63, 3.8) is 0 Å². The maximum atomic E-state index is 11.7. The number of alkyl halides is 3. The van der Waals surface area contributed by atoms with Gasteiger partial charge in [0.2, 0.25) is 3.79 Å². The molecule has 110 valence electrons. The maximum absolute atomic E-state index is 11.7. The Bertz CT molecular complexity index is 523. The molecule has 0 fully saturated rings. The van der Waals surface area contributed by atoms with Crippen molar-refractivity contribution in [2.75, 3.05) is 7.11 Å². The van der Waals surface area contributed by atoms with E-state index in [0.29, 0.717) is 11.1 Å². The van der Waals surface area contributed by atoms with Gasteiger partial charge in [-0.05, 0) is 19.1 Å². The standard InChI is InChI=1S/C13H13Cl3O4/c1-7(20-8(2)17)11-6-9(13(14,15)16)4-5-10(11)12(18)19-3/h4-7H,1-3H3. The Labute approximate surface area is 131 Å². The van der Waals surface area contributed by atoms with E-state index >= 15 is 0 Å². The summed E-state index contributed by atoms with van der Waals surface area (Å²) in [6, 6.07) is 4.48. The van der Waals surface area contributed by atoms with E-state index in [1.54, 1.807) is 6.92 Å². The molecule has 1 aromatic carbocycles. The molecule has 0 saturated heterocycles. The van der Waals surface area contributed by atoms with E-state index < -0.39 is 21.8 Å². The zero-order chi connectivity index (χ0) is 15.5. The summed E-state index contributed by atoms with van der Waals surface area (Å²) in [5, 5.41) is 0. The fraction of sp³-hybridized carbons (Fsp3) is 0.385. The highest BCUT2D eigenvalue weighted by molar-refractivity contribution is 6.66. The first-order valence-corrected chi connectivity index (χ1v) is 6.77. The van der Waals surface area contributed by atoms with Crippen LogP contribution in [0.5, 0.6) is 0 Å². The SMILES string of the molecule is COC(=O)c1ccc(C(Cl)(Cl)Cl)cc1C(C)OC(C)=O. The zero-order valence-electron chi connectivity index (χ0n) is 11.1. The van der Waals surface area contributed by atoms with Crippen molar-refractivity contribution >= 4 is 46.7 Å². The minimum Gasteiger partial charge on any atom is -0.465 e. The van der Waals surface area contributed by atoms with Gasteiger partial charge in [-0.25, -0.2) is 4.79 Å². The van der Waals surface area contributed by atoms with Gasteiger partial charge in [0, 0.05) is 18.1 Å². The normalized spacial score (nSPS) is 12.7. The number of esters is 2. The Morgan fingerprint density at radius 1 is 1.25 bits per heavy atom. The van der Waals surface area contributed by atoms with E-state index in [1.165, 1.54) is 32.2 Å². The molecule has 1 atom stereocenters. The van der Waals surface area contributed by atoms with Gasteiger partial charge in [-0.1, -0.05) is 40.9 Å². The summed E-state index contributed by atoms with van der Waals surface area (Å²) in [7, 11) is 1.26. The number of methoxy groups -OCH3 is 1. The van der Waals surface area contributed by atoms with E-state index in [2.05, 4.69) is 4.74 Å². The quantitative estimate of drug-likeness (QED) is 0.618. The van der Waals surface area contributed by atoms with Crippen molar-refractivity contribution in [1.29, 1.82) is 0 Å². The first kappa shape index (κ1) is 17.1. The van der Waals surface area contributed by atoms with E-state index in [0.717, 1.165) is 0 Å². The molecule has 0 aliphatic heterocycles. The van der Waals surface area contributed by atoms with Crippen molar-refractivity contribution in [1.82, 2.24) is 0 Å².